The van der Waals surface area contributed by atoms with Crippen molar-refractivity contribution >= 4 is 29.4 Å². The summed E-state index contributed by atoms with van der Waals surface area (Å²) in [5.74, 6) is 3.25. The van der Waals surface area contributed by atoms with Crippen molar-refractivity contribution in [2.24, 2.45) is 0 Å². The number of hydrogen-bond donors (Lipinski definition) is 1. The molecule has 24 heavy (non-hydrogen) atoms. The van der Waals surface area contributed by atoms with E-state index in [0.29, 0.717) is 12.3 Å². The Morgan fingerprint density at radius 3 is 2.67 bits per heavy atom. The first kappa shape index (κ1) is 18.7. The van der Waals surface area contributed by atoms with Gasteiger partial charge in [0, 0.05) is 22.9 Å². The van der Waals surface area contributed by atoms with Crippen LogP contribution in [0, 0.1) is 6.92 Å². The third-order valence-electron chi connectivity index (χ3n) is 3.35. The van der Waals surface area contributed by atoms with Gasteiger partial charge in [0.25, 0.3) is 0 Å². The molecule has 0 aliphatic heterocycles. The summed E-state index contributed by atoms with van der Waals surface area (Å²) in [6, 6.07) is 16.3. The molecule has 1 N–H and O–H groups in total. The van der Waals surface area contributed by atoms with Gasteiger partial charge in [-0.15, -0.1) is 11.8 Å². The van der Waals surface area contributed by atoms with Crippen molar-refractivity contribution in [1.29, 1.82) is 0 Å². The third-order valence-corrected chi connectivity index (χ3v) is 5.39. The van der Waals surface area contributed by atoms with Crippen molar-refractivity contribution in [3.63, 3.8) is 0 Å². The zero-order valence-corrected chi connectivity index (χ0v) is 15.7. The number of carbonyl (C=O) groups excluding carboxylic acids is 1. The maximum absolute atomic E-state index is 11.9. The van der Waals surface area contributed by atoms with Gasteiger partial charge in [0.1, 0.15) is 5.75 Å². The van der Waals surface area contributed by atoms with Gasteiger partial charge in [0.05, 0.1) is 12.9 Å². The summed E-state index contributed by atoms with van der Waals surface area (Å²) in [6.45, 7) is 2.81. The number of benzene rings is 2. The summed E-state index contributed by atoms with van der Waals surface area (Å²) >= 11 is 3.38. The van der Waals surface area contributed by atoms with Crippen LogP contribution in [-0.2, 0) is 10.5 Å². The van der Waals surface area contributed by atoms with E-state index in [4.69, 9.17) is 4.74 Å². The topological polar surface area (TPSA) is 38.3 Å². The maximum atomic E-state index is 11.9. The van der Waals surface area contributed by atoms with Crippen LogP contribution in [0.25, 0.3) is 0 Å². The maximum Gasteiger partial charge on any atom is 0.230 e. The van der Waals surface area contributed by atoms with Gasteiger partial charge < -0.3 is 10.1 Å². The summed E-state index contributed by atoms with van der Waals surface area (Å²) in [5.41, 5.74) is 2.62. The van der Waals surface area contributed by atoms with E-state index in [1.165, 1.54) is 22.9 Å². The number of methoxy groups -OCH3 is 1. The lowest BCUT2D eigenvalue weighted by Crippen LogP contribution is -2.27. The van der Waals surface area contributed by atoms with E-state index >= 15 is 0 Å². The van der Waals surface area contributed by atoms with Gasteiger partial charge in [-0.25, -0.2) is 0 Å². The summed E-state index contributed by atoms with van der Waals surface area (Å²) in [6.07, 6.45) is 0. The first-order valence-electron chi connectivity index (χ1n) is 7.84. The molecule has 0 aliphatic rings. The molecule has 5 heteroatoms. The molecule has 3 nitrogen and oxygen atoms in total. The van der Waals surface area contributed by atoms with Gasteiger partial charge >= 0.3 is 0 Å². The summed E-state index contributed by atoms with van der Waals surface area (Å²) in [7, 11) is 1.65. The fourth-order valence-corrected chi connectivity index (χ4v) is 3.66. The Kier molecular flexibility index (Phi) is 8.05. The number of rotatable bonds is 9. The fraction of sp³-hybridized carbons (Fsp3) is 0.316. The highest BCUT2D eigenvalue weighted by atomic mass is 32.2. The molecule has 1 amide bonds. The van der Waals surface area contributed by atoms with Gasteiger partial charge in [0.2, 0.25) is 5.91 Å². The van der Waals surface area contributed by atoms with E-state index < -0.39 is 0 Å². The Labute approximate surface area is 152 Å². The molecule has 0 saturated heterocycles. The molecule has 0 heterocycles. The van der Waals surface area contributed by atoms with E-state index in [2.05, 4.69) is 36.5 Å². The molecule has 2 aromatic rings. The summed E-state index contributed by atoms with van der Waals surface area (Å²) in [5, 5.41) is 2.97. The standard InChI is InChI=1S/C19H23NO2S2/c1-15-4-3-5-16(12-15)13-23-11-10-20-19(21)14-24-18-8-6-17(22-2)7-9-18/h3-9,12H,10-11,13-14H2,1-2H3,(H,20,21). The Balaban J connectivity index is 1.57. The average Bonchev–Trinajstić information content (AvgIpc) is 2.60. The average molecular weight is 362 g/mol. The number of amides is 1. The molecule has 0 aromatic heterocycles. The van der Waals surface area contributed by atoms with Crippen molar-refractivity contribution in [2.45, 2.75) is 17.6 Å². The molecule has 0 fully saturated rings. The molecule has 0 spiro atoms. The highest BCUT2D eigenvalue weighted by Crippen LogP contribution is 2.21. The molecule has 128 valence electrons. The molecular weight excluding hydrogens is 338 g/mol. The van der Waals surface area contributed by atoms with Gasteiger partial charge in [-0.05, 0) is 36.8 Å². The Hall–Kier alpha value is -1.59. The van der Waals surface area contributed by atoms with Crippen LogP contribution in [0.4, 0.5) is 0 Å². The predicted octanol–water partition coefficient (Wildman–Crippen LogP) is 4.15. The minimum absolute atomic E-state index is 0.0759. The molecule has 0 radical (unpaired) electrons. The Morgan fingerprint density at radius 2 is 1.96 bits per heavy atom. The molecular formula is C19H23NO2S2. The lowest BCUT2D eigenvalue weighted by Gasteiger charge is -2.06. The molecule has 0 unspecified atom stereocenters. The van der Waals surface area contributed by atoms with Crippen LogP contribution in [0.1, 0.15) is 11.1 Å². The zero-order valence-electron chi connectivity index (χ0n) is 14.1. The largest absolute Gasteiger partial charge is 0.497 e. The minimum atomic E-state index is 0.0759. The zero-order chi connectivity index (χ0) is 17.2. The predicted molar refractivity (Wildman–Crippen MR) is 104 cm³/mol. The van der Waals surface area contributed by atoms with Gasteiger partial charge in [-0.3, -0.25) is 4.79 Å². The number of ether oxygens (including phenoxy) is 1. The normalized spacial score (nSPS) is 10.4. The number of nitrogens with one attached hydrogen (secondary N) is 1. The highest BCUT2D eigenvalue weighted by molar-refractivity contribution is 8.00. The van der Waals surface area contributed by atoms with Crippen molar-refractivity contribution in [3.05, 3.63) is 59.7 Å². The second kappa shape index (κ2) is 10.3. The van der Waals surface area contributed by atoms with Crippen LogP contribution in [0.5, 0.6) is 5.75 Å². The first-order valence-corrected chi connectivity index (χ1v) is 9.98. The SMILES string of the molecule is COc1ccc(SCC(=O)NCCSCc2cccc(C)c2)cc1. The van der Waals surface area contributed by atoms with Gasteiger partial charge in [-0.1, -0.05) is 29.8 Å². The number of thioether (sulfide) groups is 2. The van der Waals surface area contributed by atoms with Crippen LogP contribution in [-0.4, -0.2) is 31.1 Å². The first-order chi connectivity index (χ1) is 11.7. The fourth-order valence-electron chi connectivity index (χ4n) is 2.13. The minimum Gasteiger partial charge on any atom is -0.497 e. The molecule has 0 saturated carbocycles. The molecule has 0 aliphatic carbocycles. The molecule has 0 bridgehead atoms. The second-order valence-corrected chi connectivity index (χ2v) is 7.51. The molecule has 2 rings (SSSR count). The van der Waals surface area contributed by atoms with E-state index in [0.717, 1.165) is 22.2 Å². The van der Waals surface area contributed by atoms with Gasteiger partial charge in [0.15, 0.2) is 0 Å². The van der Waals surface area contributed by atoms with E-state index in [9.17, 15) is 4.79 Å². The van der Waals surface area contributed by atoms with Crippen LogP contribution >= 0.6 is 23.5 Å². The third kappa shape index (κ3) is 6.89. The van der Waals surface area contributed by atoms with E-state index in [1.807, 2.05) is 36.0 Å². The van der Waals surface area contributed by atoms with Crippen LogP contribution in [0.3, 0.4) is 0 Å². The van der Waals surface area contributed by atoms with Crippen LogP contribution in [0.2, 0.25) is 0 Å². The Bertz CT molecular complexity index is 644. The number of aryl methyl sites for hydroxylation is 1. The number of hydrogen-bond acceptors (Lipinski definition) is 4. The van der Waals surface area contributed by atoms with Gasteiger partial charge in [-0.2, -0.15) is 11.8 Å². The Morgan fingerprint density at radius 1 is 1.17 bits per heavy atom. The van der Waals surface area contributed by atoms with E-state index in [1.54, 1.807) is 7.11 Å². The van der Waals surface area contributed by atoms with Crippen molar-refractivity contribution in [1.82, 2.24) is 5.32 Å². The van der Waals surface area contributed by atoms with Crippen molar-refractivity contribution < 1.29 is 9.53 Å². The summed E-state index contributed by atoms with van der Waals surface area (Å²) in [4.78, 5) is 12.9. The monoisotopic (exact) mass is 361 g/mol. The molecule has 0 atom stereocenters. The second-order valence-electron chi connectivity index (χ2n) is 5.36. The van der Waals surface area contributed by atoms with Crippen molar-refractivity contribution in [2.75, 3.05) is 25.2 Å². The highest BCUT2D eigenvalue weighted by Gasteiger charge is 2.03. The van der Waals surface area contributed by atoms with E-state index in [-0.39, 0.29) is 5.91 Å². The van der Waals surface area contributed by atoms with Crippen LogP contribution in [0.15, 0.2) is 53.4 Å². The smallest absolute Gasteiger partial charge is 0.230 e. The summed E-state index contributed by atoms with van der Waals surface area (Å²) < 4.78 is 5.12. The lowest BCUT2D eigenvalue weighted by molar-refractivity contribution is -0.118. The lowest BCUT2D eigenvalue weighted by atomic mass is 10.2. The van der Waals surface area contributed by atoms with Crippen molar-refractivity contribution in [3.8, 4) is 5.75 Å². The quantitative estimate of drug-likeness (QED) is 0.538. The number of carbonyl (C=O) groups is 1. The van der Waals surface area contributed by atoms with Crippen LogP contribution < -0.4 is 10.1 Å². The molecule has 2 aromatic carbocycles.